The summed E-state index contributed by atoms with van der Waals surface area (Å²) in [5.74, 6) is 0.519. The van der Waals surface area contributed by atoms with Crippen molar-refractivity contribution in [1.82, 2.24) is 19.4 Å². The van der Waals surface area contributed by atoms with E-state index in [9.17, 15) is 9.59 Å². The second-order valence-electron chi connectivity index (χ2n) is 7.69. The van der Waals surface area contributed by atoms with Gasteiger partial charge in [0.1, 0.15) is 5.69 Å². The highest BCUT2D eigenvalue weighted by Crippen LogP contribution is 2.36. The van der Waals surface area contributed by atoms with Crippen molar-refractivity contribution in [3.63, 3.8) is 0 Å². The summed E-state index contributed by atoms with van der Waals surface area (Å²) in [7, 11) is 1.74. The normalized spacial score (nSPS) is 17.7. The first kappa shape index (κ1) is 19.1. The molecule has 0 N–H and O–H groups in total. The van der Waals surface area contributed by atoms with E-state index in [0.29, 0.717) is 29.6 Å². The maximum atomic E-state index is 13.2. The van der Waals surface area contributed by atoms with E-state index in [2.05, 4.69) is 15.1 Å². The van der Waals surface area contributed by atoms with Gasteiger partial charge in [-0.1, -0.05) is 5.16 Å². The van der Waals surface area contributed by atoms with Crippen LogP contribution in [0.1, 0.15) is 49.9 Å². The molecule has 0 atom stereocenters. The number of carbonyl (C=O) groups excluding carboxylic acids is 2. The molecule has 152 valence electrons. The Labute approximate surface area is 169 Å². The van der Waals surface area contributed by atoms with Crippen LogP contribution in [0.5, 0.6) is 0 Å². The lowest BCUT2D eigenvalue weighted by Crippen LogP contribution is -2.49. The molecule has 0 unspecified atom stereocenters. The second-order valence-corrected chi connectivity index (χ2v) is 7.69. The first-order valence-electron chi connectivity index (χ1n) is 9.69. The third-order valence-corrected chi connectivity index (χ3v) is 5.18. The topological polar surface area (TPSA) is 92.9 Å². The Bertz CT molecular complexity index is 977. The number of hydrogen-bond acceptors (Lipinski definition) is 6. The lowest BCUT2D eigenvalue weighted by atomic mass is 10.2. The average molecular weight is 396 g/mol. The molecule has 2 aliphatic rings. The highest BCUT2D eigenvalue weighted by atomic mass is 16.7. The molecule has 0 radical (unpaired) electrons. The Hall–Kier alpha value is -3.23. The molecule has 1 saturated carbocycles. The number of pyridine rings is 1. The largest absolute Gasteiger partial charge is 0.365 e. The molecule has 0 spiro atoms. The first-order chi connectivity index (χ1) is 13.8. The number of aromatic nitrogens is 3. The molecule has 2 aromatic rings. The van der Waals surface area contributed by atoms with Crippen molar-refractivity contribution in [2.24, 2.45) is 18.1 Å². The van der Waals surface area contributed by atoms with E-state index in [1.165, 1.54) is 6.20 Å². The van der Waals surface area contributed by atoms with Crippen LogP contribution in [0.2, 0.25) is 0 Å². The molecule has 9 heteroatoms. The van der Waals surface area contributed by atoms with Crippen LogP contribution in [-0.4, -0.2) is 49.4 Å². The Kier molecular flexibility index (Phi) is 4.60. The van der Waals surface area contributed by atoms with Crippen LogP contribution < -0.4 is 4.90 Å². The molecule has 1 fully saturated rings. The molecular weight excluding hydrogens is 372 g/mol. The number of amides is 2. The van der Waals surface area contributed by atoms with Gasteiger partial charge in [-0.25, -0.2) is 9.88 Å². The second kappa shape index (κ2) is 6.98. The van der Waals surface area contributed by atoms with Gasteiger partial charge in [-0.3, -0.25) is 14.6 Å². The van der Waals surface area contributed by atoms with Crippen LogP contribution >= 0.6 is 0 Å². The number of hydrogen-bond donors (Lipinski definition) is 0. The number of oxime groups is 1. The SMILES string of the molecule is CCN(C(=O)c1cnc(C2=NOC(C)(C)N2C(=O)C2CC2)n1C)c1cccnc1. The Morgan fingerprint density at radius 2 is 2.07 bits per heavy atom. The first-order valence-corrected chi connectivity index (χ1v) is 9.69. The van der Waals surface area contributed by atoms with Crippen LogP contribution in [0.25, 0.3) is 0 Å². The summed E-state index contributed by atoms with van der Waals surface area (Å²) < 4.78 is 1.65. The molecule has 29 heavy (non-hydrogen) atoms. The van der Waals surface area contributed by atoms with Crippen LogP contribution in [-0.2, 0) is 16.7 Å². The van der Waals surface area contributed by atoms with Crippen molar-refractivity contribution >= 4 is 23.3 Å². The zero-order chi connectivity index (χ0) is 20.8. The minimum absolute atomic E-state index is 0.00343. The van der Waals surface area contributed by atoms with Crippen LogP contribution in [0.15, 0.2) is 35.9 Å². The van der Waals surface area contributed by atoms with Gasteiger partial charge >= 0.3 is 0 Å². The maximum absolute atomic E-state index is 13.2. The van der Waals surface area contributed by atoms with Crippen molar-refractivity contribution in [2.45, 2.75) is 39.3 Å². The van der Waals surface area contributed by atoms with Gasteiger partial charge in [0.2, 0.25) is 17.5 Å². The highest BCUT2D eigenvalue weighted by Gasteiger charge is 2.48. The van der Waals surface area contributed by atoms with E-state index >= 15 is 0 Å². The van der Waals surface area contributed by atoms with Gasteiger partial charge in [0, 0.05) is 25.7 Å². The smallest absolute Gasteiger partial charge is 0.276 e. The van der Waals surface area contributed by atoms with Gasteiger partial charge < -0.3 is 14.3 Å². The molecule has 9 nitrogen and oxygen atoms in total. The summed E-state index contributed by atoms with van der Waals surface area (Å²) >= 11 is 0. The number of carbonyl (C=O) groups is 2. The predicted octanol–water partition coefficient (Wildman–Crippen LogP) is 2.15. The standard InChI is InChI=1S/C20H24N6O3/c1-5-25(14-7-6-10-21-11-14)19(28)15-12-22-16(24(15)4)17-23-29-20(2,3)26(17)18(27)13-8-9-13/h6-7,10-13H,5,8-9H2,1-4H3. The van der Waals surface area contributed by atoms with Gasteiger partial charge in [-0.15, -0.1) is 0 Å². The number of rotatable bonds is 5. The van der Waals surface area contributed by atoms with E-state index in [4.69, 9.17) is 4.84 Å². The van der Waals surface area contributed by atoms with Crippen LogP contribution in [0.3, 0.4) is 0 Å². The average Bonchev–Trinajstić information content (AvgIpc) is 3.41. The monoisotopic (exact) mass is 396 g/mol. The fourth-order valence-electron chi connectivity index (χ4n) is 3.43. The number of anilines is 1. The van der Waals surface area contributed by atoms with Gasteiger partial charge in [-0.2, -0.15) is 0 Å². The summed E-state index contributed by atoms with van der Waals surface area (Å²) in [6, 6.07) is 3.62. The molecule has 1 aliphatic carbocycles. The van der Waals surface area contributed by atoms with Crippen LogP contribution in [0, 0.1) is 5.92 Å². The van der Waals surface area contributed by atoms with E-state index < -0.39 is 5.72 Å². The van der Waals surface area contributed by atoms with Crippen molar-refractivity contribution in [3.05, 3.63) is 42.2 Å². The quantitative estimate of drug-likeness (QED) is 0.772. The zero-order valence-electron chi connectivity index (χ0n) is 17.0. The molecule has 4 rings (SSSR count). The van der Waals surface area contributed by atoms with Crippen LogP contribution in [0.4, 0.5) is 5.69 Å². The summed E-state index contributed by atoms with van der Waals surface area (Å²) in [5.41, 5.74) is 0.198. The fraction of sp³-hybridized carbons (Fsp3) is 0.450. The van der Waals surface area contributed by atoms with Gasteiger partial charge in [0.05, 0.1) is 18.1 Å². The van der Waals surface area contributed by atoms with E-state index in [0.717, 1.165) is 12.8 Å². The Morgan fingerprint density at radius 1 is 1.31 bits per heavy atom. The summed E-state index contributed by atoms with van der Waals surface area (Å²) in [4.78, 5) is 43.2. The molecule has 0 bridgehead atoms. The van der Waals surface area contributed by atoms with Gasteiger partial charge in [0.15, 0.2) is 5.82 Å². The number of amidine groups is 1. The zero-order valence-corrected chi connectivity index (χ0v) is 17.0. The third kappa shape index (κ3) is 3.26. The highest BCUT2D eigenvalue weighted by molar-refractivity contribution is 6.10. The van der Waals surface area contributed by atoms with Crippen molar-refractivity contribution in [3.8, 4) is 0 Å². The minimum atomic E-state index is -0.893. The fourth-order valence-corrected chi connectivity index (χ4v) is 3.43. The van der Waals surface area contributed by atoms with Crippen molar-refractivity contribution in [2.75, 3.05) is 11.4 Å². The lowest BCUT2D eigenvalue weighted by molar-refractivity contribution is -0.145. The lowest BCUT2D eigenvalue weighted by Gasteiger charge is -2.29. The van der Waals surface area contributed by atoms with E-state index in [1.807, 2.05) is 13.0 Å². The number of imidazole rings is 1. The predicted molar refractivity (Wildman–Crippen MR) is 106 cm³/mol. The van der Waals surface area contributed by atoms with Gasteiger partial charge in [0.25, 0.3) is 5.91 Å². The summed E-state index contributed by atoms with van der Waals surface area (Å²) in [5, 5.41) is 4.13. The summed E-state index contributed by atoms with van der Waals surface area (Å²) in [6.07, 6.45) is 6.56. The van der Waals surface area contributed by atoms with Gasteiger partial charge in [-0.05, 0) is 45.7 Å². The molecule has 0 aromatic carbocycles. The Balaban J connectivity index is 1.66. The Morgan fingerprint density at radius 3 is 2.69 bits per heavy atom. The molecule has 3 heterocycles. The molecule has 2 aromatic heterocycles. The molecular formula is C20H24N6O3. The molecule has 1 aliphatic heterocycles. The van der Waals surface area contributed by atoms with E-state index in [-0.39, 0.29) is 17.7 Å². The maximum Gasteiger partial charge on any atom is 0.276 e. The number of nitrogens with zero attached hydrogens (tertiary/aromatic N) is 6. The van der Waals surface area contributed by atoms with Crippen molar-refractivity contribution in [1.29, 1.82) is 0 Å². The van der Waals surface area contributed by atoms with Crippen molar-refractivity contribution < 1.29 is 14.4 Å². The third-order valence-electron chi connectivity index (χ3n) is 5.18. The summed E-state index contributed by atoms with van der Waals surface area (Å²) in [6.45, 7) is 5.96. The molecule has 2 amide bonds. The molecule has 0 saturated heterocycles. The van der Waals surface area contributed by atoms with E-state index in [1.54, 1.807) is 53.7 Å². The minimum Gasteiger partial charge on any atom is -0.365 e.